The number of pyridine rings is 1. The Morgan fingerprint density at radius 1 is 1.32 bits per heavy atom. The smallest absolute Gasteiger partial charge is 0.475 e. The van der Waals surface area contributed by atoms with Gasteiger partial charge in [-0.15, -0.1) is 0 Å². The molecule has 0 bridgehead atoms. The lowest BCUT2D eigenvalue weighted by atomic mass is 10.0. The quantitative estimate of drug-likeness (QED) is 0.831. The molecule has 2 aliphatic heterocycles. The second-order valence-electron chi connectivity index (χ2n) is 6.16. The molecule has 1 N–H and O–H groups in total. The second kappa shape index (κ2) is 7.38. The van der Waals surface area contributed by atoms with Crippen LogP contribution in [0.2, 0.25) is 0 Å². The van der Waals surface area contributed by atoms with Crippen LogP contribution in [0, 0.1) is 12.8 Å². The third-order valence-corrected chi connectivity index (χ3v) is 4.06. The fraction of sp³-hybridized carbons (Fsp3) is 0.562. The lowest BCUT2D eigenvalue weighted by Crippen LogP contribution is -2.31. The van der Waals surface area contributed by atoms with Crippen molar-refractivity contribution >= 4 is 11.9 Å². The number of halogens is 3. The number of aromatic nitrogens is 1. The van der Waals surface area contributed by atoms with Gasteiger partial charge in [-0.05, 0) is 32.4 Å². The summed E-state index contributed by atoms with van der Waals surface area (Å²) in [5.74, 6) is -2.22. The Kier molecular flexibility index (Phi) is 5.66. The summed E-state index contributed by atoms with van der Waals surface area (Å²) >= 11 is 0. The number of nitrogens with zero attached hydrogens (tertiary/aromatic N) is 2. The summed E-state index contributed by atoms with van der Waals surface area (Å²) in [5, 5.41) is 7.12. The normalized spacial score (nSPS) is 25.2. The Hall–Kier alpha value is -2.16. The van der Waals surface area contributed by atoms with E-state index in [1.54, 1.807) is 6.07 Å². The van der Waals surface area contributed by atoms with Gasteiger partial charge in [0.15, 0.2) is 0 Å². The molecule has 2 saturated heterocycles. The number of amides is 1. The summed E-state index contributed by atoms with van der Waals surface area (Å²) in [4.78, 5) is 27.4. The number of alkyl halides is 3. The van der Waals surface area contributed by atoms with Crippen molar-refractivity contribution in [2.45, 2.75) is 38.7 Å². The minimum atomic E-state index is -5.08. The molecule has 0 spiro atoms. The first kappa shape index (κ1) is 19.2. The van der Waals surface area contributed by atoms with Crippen LogP contribution in [0.4, 0.5) is 13.2 Å². The number of rotatable bonds is 1. The average molecular weight is 360 g/mol. The maximum Gasteiger partial charge on any atom is 0.490 e. The van der Waals surface area contributed by atoms with Gasteiger partial charge < -0.3 is 14.7 Å². The van der Waals surface area contributed by atoms with Crippen LogP contribution in [0.15, 0.2) is 18.2 Å². The molecule has 0 radical (unpaired) electrons. The van der Waals surface area contributed by atoms with E-state index in [-0.39, 0.29) is 12.0 Å². The Morgan fingerprint density at radius 2 is 1.96 bits per heavy atom. The van der Waals surface area contributed by atoms with Gasteiger partial charge in [0, 0.05) is 24.7 Å². The van der Waals surface area contributed by atoms with Gasteiger partial charge in [0.05, 0.1) is 12.2 Å². The molecule has 6 nitrogen and oxygen atoms in total. The highest BCUT2D eigenvalue weighted by atomic mass is 19.4. The van der Waals surface area contributed by atoms with Crippen LogP contribution in [0.3, 0.4) is 0 Å². The molecule has 2 aliphatic rings. The lowest BCUT2D eigenvalue weighted by molar-refractivity contribution is -0.192. The van der Waals surface area contributed by atoms with Gasteiger partial charge in [-0.1, -0.05) is 6.07 Å². The zero-order chi connectivity index (χ0) is 18.8. The van der Waals surface area contributed by atoms with Gasteiger partial charge in [-0.25, -0.2) is 9.78 Å². The number of carboxylic acids is 1. The van der Waals surface area contributed by atoms with E-state index in [2.05, 4.69) is 11.9 Å². The molecule has 138 valence electrons. The molecule has 1 aromatic heterocycles. The van der Waals surface area contributed by atoms with E-state index in [0.29, 0.717) is 24.3 Å². The molecule has 25 heavy (non-hydrogen) atoms. The monoisotopic (exact) mass is 360 g/mol. The molecule has 0 aromatic carbocycles. The van der Waals surface area contributed by atoms with Gasteiger partial charge in [0.2, 0.25) is 0 Å². The number of carbonyl (C=O) groups is 2. The number of likely N-dealkylation sites (tertiary alicyclic amines) is 1. The van der Waals surface area contributed by atoms with Crippen molar-refractivity contribution in [3.05, 3.63) is 29.6 Å². The predicted molar refractivity (Wildman–Crippen MR) is 81.0 cm³/mol. The molecule has 3 rings (SSSR count). The Bertz CT molecular complexity index is 637. The molecule has 1 aromatic rings. The van der Waals surface area contributed by atoms with E-state index in [9.17, 15) is 18.0 Å². The highest BCUT2D eigenvalue weighted by Crippen LogP contribution is 2.33. The number of aliphatic carboxylic acids is 1. The molecule has 2 fully saturated rings. The zero-order valence-electron chi connectivity index (χ0n) is 13.8. The number of hydrogen-bond donors (Lipinski definition) is 1. The van der Waals surface area contributed by atoms with E-state index in [1.165, 1.54) is 0 Å². The highest BCUT2D eigenvalue weighted by molar-refractivity contribution is 5.92. The first-order chi connectivity index (χ1) is 11.6. The Balaban J connectivity index is 0.000000277. The van der Waals surface area contributed by atoms with Crippen LogP contribution in [0.5, 0.6) is 0 Å². The minimum absolute atomic E-state index is 0.0318. The van der Waals surface area contributed by atoms with Crippen molar-refractivity contribution in [1.82, 2.24) is 9.88 Å². The number of fused-ring (bicyclic) bond motifs is 1. The van der Waals surface area contributed by atoms with Crippen LogP contribution in [-0.2, 0) is 9.53 Å². The summed E-state index contributed by atoms with van der Waals surface area (Å²) in [5.41, 5.74) is 1.42. The first-order valence-electron chi connectivity index (χ1n) is 7.76. The summed E-state index contributed by atoms with van der Waals surface area (Å²) < 4.78 is 37.5. The highest BCUT2D eigenvalue weighted by Gasteiger charge is 2.42. The molecule has 3 heterocycles. The third-order valence-electron chi connectivity index (χ3n) is 4.06. The maximum atomic E-state index is 12.3. The number of aryl methyl sites for hydroxylation is 1. The zero-order valence-corrected chi connectivity index (χ0v) is 13.8. The maximum absolute atomic E-state index is 12.3. The van der Waals surface area contributed by atoms with E-state index in [4.69, 9.17) is 14.6 Å². The van der Waals surface area contributed by atoms with Crippen LogP contribution < -0.4 is 0 Å². The predicted octanol–water partition coefficient (Wildman–Crippen LogP) is 2.27. The summed E-state index contributed by atoms with van der Waals surface area (Å²) in [7, 11) is 0. The van der Waals surface area contributed by atoms with Gasteiger partial charge >= 0.3 is 12.1 Å². The third kappa shape index (κ3) is 4.91. The van der Waals surface area contributed by atoms with Crippen LogP contribution >= 0.6 is 0 Å². The second-order valence-corrected chi connectivity index (χ2v) is 6.16. The van der Waals surface area contributed by atoms with Crippen molar-refractivity contribution in [2.24, 2.45) is 5.92 Å². The molecule has 9 heteroatoms. The van der Waals surface area contributed by atoms with Crippen molar-refractivity contribution in [3.63, 3.8) is 0 Å². The summed E-state index contributed by atoms with van der Waals surface area (Å²) in [6.07, 6.45) is -3.45. The fourth-order valence-electron chi connectivity index (χ4n) is 2.99. The number of carbonyl (C=O) groups excluding carboxylic acids is 1. The van der Waals surface area contributed by atoms with Crippen molar-refractivity contribution in [3.8, 4) is 0 Å². The van der Waals surface area contributed by atoms with Gasteiger partial charge in [0.1, 0.15) is 5.69 Å². The van der Waals surface area contributed by atoms with Crippen molar-refractivity contribution in [2.75, 3.05) is 13.1 Å². The SMILES string of the molecule is Cc1cccc(C(=O)N2C[C@@H]3C[C@@H](C)O[C@@H]3C2)n1.O=C(O)C(F)(F)F. The molecular weight excluding hydrogens is 341 g/mol. The Labute approximate surface area is 142 Å². The number of ether oxygens (including phenoxy) is 1. The minimum Gasteiger partial charge on any atom is -0.475 e. The lowest BCUT2D eigenvalue weighted by Gasteiger charge is -2.18. The average Bonchev–Trinajstić information content (AvgIpc) is 3.03. The standard InChI is InChI=1S/C14H18N2O2.C2HF3O2/c1-9-4-3-5-12(15-9)14(17)16-7-11-6-10(2)18-13(11)8-16;3-2(4,5)1(6)7/h3-5,10-11,13H,6-8H2,1-2H3;(H,6,7)/t10-,11+,13-;/m1./s1. The van der Waals surface area contributed by atoms with E-state index in [0.717, 1.165) is 18.7 Å². The van der Waals surface area contributed by atoms with Gasteiger partial charge in [-0.2, -0.15) is 13.2 Å². The Morgan fingerprint density at radius 3 is 2.48 bits per heavy atom. The van der Waals surface area contributed by atoms with Gasteiger partial charge in [-0.3, -0.25) is 4.79 Å². The molecular formula is C16H19F3N2O4. The van der Waals surface area contributed by atoms with Crippen molar-refractivity contribution < 1.29 is 32.6 Å². The molecule has 1 amide bonds. The molecule has 0 aliphatic carbocycles. The van der Waals surface area contributed by atoms with Crippen LogP contribution in [0.25, 0.3) is 0 Å². The van der Waals surface area contributed by atoms with Crippen LogP contribution in [0.1, 0.15) is 29.5 Å². The topological polar surface area (TPSA) is 79.7 Å². The van der Waals surface area contributed by atoms with E-state index < -0.39 is 12.1 Å². The number of carboxylic acid groups (broad SMARTS) is 1. The van der Waals surface area contributed by atoms with Crippen molar-refractivity contribution in [1.29, 1.82) is 0 Å². The van der Waals surface area contributed by atoms with E-state index >= 15 is 0 Å². The molecule has 0 unspecified atom stereocenters. The van der Waals surface area contributed by atoms with Crippen LogP contribution in [-0.4, -0.2) is 58.3 Å². The largest absolute Gasteiger partial charge is 0.490 e. The van der Waals surface area contributed by atoms with Gasteiger partial charge in [0.25, 0.3) is 5.91 Å². The van der Waals surface area contributed by atoms with E-state index in [1.807, 2.05) is 24.0 Å². The number of hydrogen-bond acceptors (Lipinski definition) is 4. The summed E-state index contributed by atoms with van der Waals surface area (Å²) in [6, 6.07) is 5.57. The summed E-state index contributed by atoms with van der Waals surface area (Å²) in [6.45, 7) is 5.53. The molecule has 0 saturated carbocycles. The fourth-order valence-corrected chi connectivity index (χ4v) is 2.99. The first-order valence-corrected chi connectivity index (χ1v) is 7.76. The molecule has 3 atom stereocenters.